The number of carbonyl (C=O) groups excluding carboxylic acids is 2. The fraction of sp³-hybridized carbons (Fsp3) is 0.393. The van der Waals surface area contributed by atoms with E-state index in [9.17, 15) is 24.8 Å². The molecule has 14 heteroatoms. The molecule has 14 nitrogen and oxygen atoms in total. The Kier molecular flexibility index (Phi) is 11.1. The summed E-state index contributed by atoms with van der Waals surface area (Å²) < 4.78 is 16.4. The molecule has 0 fully saturated rings. The number of non-ortho nitro benzene ring substituents is 1. The van der Waals surface area contributed by atoms with Gasteiger partial charge in [-0.15, -0.1) is 0 Å². The Hall–Kier alpha value is -4.85. The predicted octanol–water partition coefficient (Wildman–Crippen LogP) is 2.96. The maximum Gasteiger partial charge on any atom is 0.337 e. The number of allylic oxidation sites excluding steroid dienone is 1. The maximum absolute atomic E-state index is 12.4. The molecule has 2 amide bonds. The van der Waals surface area contributed by atoms with E-state index in [4.69, 9.17) is 14.2 Å². The molecule has 0 spiro atoms. The van der Waals surface area contributed by atoms with Gasteiger partial charge in [-0.1, -0.05) is 6.07 Å². The highest BCUT2D eigenvalue weighted by molar-refractivity contribution is 5.95. The molecule has 2 aromatic rings. The Morgan fingerprint density at radius 2 is 1.93 bits per heavy atom. The van der Waals surface area contributed by atoms with Crippen LogP contribution >= 0.6 is 0 Å². The summed E-state index contributed by atoms with van der Waals surface area (Å²) in [5.41, 5.74) is 4.96. The normalized spacial score (nSPS) is 15.5. The number of hydrazone groups is 1. The first-order chi connectivity index (χ1) is 20.1. The second-order valence-electron chi connectivity index (χ2n) is 9.09. The lowest BCUT2D eigenvalue weighted by Gasteiger charge is -2.28. The van der Waals surface area contributed by atoms with Gasteiger partial charge in [0.25, 0.3) is 5.69 Å². The summed E-state index contributed by atoms with van der Waals surface area (Å²) in [5.74, 6) is 0.0571. The third kappa shape index (κ3) is 7.66. The Labute approximate surface area is 243 Å². The number of aliphatic hydroxyl groups excluding tert-OH is 1. The summed E-state index contributed by atoms with van der Waals surface area (Å²) in [6.07, 6.45) is 0.178. The fourth-order valence-electron chi connectivity index (χ4n) is 4.43. The second-order valence-corrected chi connectivity index (χ2v) is 9.09. The van der Waals surface area contributed by atoms with Gasteiger partial charge in [-0.05, 0) is 51.5 Å². The molecule has 0 saturated carbocycles. The molecule has 0 aromatic heterocycles. The third-order valence-corrected chi connectivity index (χ3v) is 6.43. The molecule has 0 saturated heterocycles. The smallest absolute Gasteiger partial charge is 0.337 e. The molecule has 0 radical (unpaired) electrons. The lowest BCUT2D eigenvalue weighted by atomic mass is 9.95. The van der Waals surface area contributed by atoms with Crippen LogP contribution in [0.5, 0.6) is 11.5 Å². The lowest BCUT2D eigenvalue weighted by Crippen LogP contribution is -2.45. The van der Waals surface area contributed by atoms with Crippen molar-refractivity contribution in [3.8, 4) is 11.5 Å². The van der Waals surface area contributed by atoms with Gasteiger partial charge in [-0.25, -0.2) is 9.59 Å². The number of nitrogens with one attached hydrogen (secondary N) is 3. The molecule has 1 aliphatic rings. The van der Waals surface area contributed by atoms with Crippen molar-refractivity contribution in [2.24, 2.45) is 5.10 Å². The molecule has 3 rings (SSSR count). The van der Waals surface area contributed by atoms with Crippen molar-refractivity contribution in [1.29, 1.82) is 0 Å². The van der Waals surface area contributed by atoms with Gasteiger partial charge in [-0.3, -0.25) is 15.5 Å². The summed E-state index contributed by atoms with van der Waals surface area (Å²) in [6.45, 7) is 8.84. The van der Waals surface area contributed by atoms with Crippen molar-refractivity contribution >= 4 is 29.6 Å². The molecular weight excluding hydrogens is 548 g/mol. The molecule has 2 atom stereocenters. The number of hydrogen-bond donors (Lipinski definition) is 4. The number of esters is 1. The van der Waals surface area contributed by atoms with Gasteiger partial charge in [0.2, 0.25) is 0 Å². The van der Waals surface area contributed by atoms with E-state index in [1.807, 2.05) is 18.7 Å². The standard InChI is InChI=1S/C28H36N6O8/c1-6-33(7-2)21-11-10-20(34(38)39)13-19(21)15-29-32-24(35)16-42-22-12-9-18(14-23(22)41-8-3)26-25(27(36)40-5)17(4)30-28(37)31-26/h9-15,24,26,32,35H,6-8,16H2,1-5H3,(H2,30,31,37)/b29-15-/t24-,26+/m0/s1. The molecule has 226 valence electrons. The van der Waals surface area contributed by atoms with Gasteiger partial charge in [0, 0.05) is 42.2 Å². The third-order valence-electron chi connectivity index (χ3n) is 6.43. The highest BCUT2D eigenvalue weighted by atomic mass is 16.6. The van der Waals surface area contributed by atoms with E-state index < -0.39 is 29.2 Å². The van der Waals surface area contributed by atoms with Crippen LogP contribution in [0.3, 0.4) is 0 Å². The van der Waals surface area contributed by atoms with Crippen molar-refractivity contribution in [2.45, 2.75) is 40.0 Å². The number of hydrogen-bond acceptors (Lipinski definition) is 11. The van der Waals surface area contributed by atoms with Crippen LogP contribution in [0.1, 0.15) is 44.9 Å². The van der Waals surface area contributed by atoms with Crippen LogP contribution in [0.4, 0.5) is 16.2 Å². The largest absolute Gasteiger partial charge is 0.490 e. The monoisotopic (exact) mass is 584 g/mol. The average molecular weight is 585 g/mol. The SMILES string of the molecule is CCOc1cc([C@H]2NC(=O)NC(C)=C2C(=O)OC)ccc1OC[C@H](O)N/N=C\c1cc([N+](=O)[O-])ccc1N(CC)CC. The summed E-state index contributed by atoms with van der Waals surface area (Å²) in [5, 5.41) is 31.1. The van der Waals surface area contributed by atoms with Crippen LogP contribution in [0.15, 0.2) is 52.8 Å². The second kappa shape index (κ2) is 14.7. The number of rotatable bonds is 14. The number of carbonyl (C=O) groups is 2. The Morgan fingerprint density at radius 1 is 1.19 bits per heavy atom. The summed E-state index contributed by atoms with van der Waals surface area (Å²) in [4.78, 5) is 37.4. The zero-order chi connectivity index (χ0) is 30.8. The van der Waals surface area contributed by atoms with Crippen molar-refractivity contribution in [2.75, 3.05) is 38.3 Å². The Bertz CT molecular complexity index is 1360. The van der Waals surface area contributed by atoms with Crippen molar-refractivity contribution in [1.82, 2.24) is 16.1 Å². The molecular formula is C28H36N6O8. The van der Waals surface area contributed by atoms with E-state index in [0.29, 0.717) is 48.0 Å². The van der Waals surface area contributed by atoms with E-state index >= 15 is 0 Å². The number of anilines is 1. The minimum absolute atomic E-state index is 0.0726. The lowest BCUT2D eigenvalue weighted by molar-refractivity contribution is -0.384. The molecule has 1 aliphatic heterocycles. The number of urea groups is 1. The molecule has 2 aromatic carbocycles. The van der Waals surface area contributed by atoms with Crippen LogP contribution in [-0.2, 0) is 9.53 Å². The van der Waals surface area contributed by atoms with Crippen LogP contribution in [0, 0.1) is 10.1 Å². The minimum atomic E-state index is -1.23. The van der Waals surface area contributed by atoms with E-state index in [2.05, 4.69) is 21.2 Å². The zero-order valence-corrected chi connectivity index (χ0v) is 24.2. The van der Waals surface area contributed by atoms with Gasteiger partial charge in [0.05, 0.1) is 36.5 Å². The highest BCUT2D eigenvalue weighted by Gasteiger charge is 2.32. The Balaban J connectivity index is 1.74. The van der Waals surface area contributed by atoms with E-state index in [0.717, 1.165) is 5.69 Å². The van der Waals surface area contributed by atoms with Crippen molar-refractivity contribution in [3.05, 3.63) is 68.9 Å². The molecule has 42 heavy (non-hydrogen) atoms. The number of nitrogens with zero attached hydrogens (tertiary/aromatic N) is 3. The zero-order valence-electron chi connectivity index (χ0n) is 24.2. The highest BCUT2D eigenvalue weighted by Crippen LogP contribution is 2.35. The first-order valence-corrected chi connectivity index (χ1v) is 13.4. The number of benzene rings is 2. The molecule has 0 aliphatic carbocycles. The van der Waals surface area contributed by atoms with Crippen molar-refractivity contribution in [3.63, 3.8) is 0 Å². The number of nitro benzene ring substituents is 1. The summed E-state index contributed by atoms with van der Waals surface area (Å²) in [6, 6.07) is 8.20. The first kappa shape index (κ1) is 31.7. The van der Waals surface area contributed by atoms with Crippen LogP contribution in [0.25, 0.3) is 0 Å². The van der Waals surface area contributed by atoms with Gasteiger partial charge < -0.3 is 34.9 Å². The van der Waals surface area contributed by atoms with Crippen LogP contribution in [0.2, 0.25) is 0 Å². The predicted molar refractivity (Wildman–Crippen MR) is 156 cm³/mol. The average Bonchev–Trinajstić information content (AvgIpc) is 2.97. The summed E-state index contributed by atoms with van der Waals surface area (Å²) in [7, 11) is 1.26. The van der Waals surface area contributed by atoms with Gasteiger partial charge in [-0.2, -0.15) is 5.10 Å². The molecule has 4 N–H and O–H groups in total. The fourth-order valence-corrected chi connectivity index (χ4v) is 4.43. The first-order valence-electron chi connectivity index (χ1n) is 13.4. The van der Waals surface area contributed by atoms with Gasteiger partial charge in [0.1, 0.15) is 6.61 Å². The van der Waals surface area contributed by atoms with Crippen molar-refractivity contribution < 1.29 is 33.8 Å². The Morgan fingerprint density at radius 3 is 2.57 bits per heavy atom. The molecule has 0 unspecified atom stereocenters. The van der Waals surface area contributed by atoms with Crippen LogP contribution < -0.4 is 30.4 Å². The number of ether oxygens (including phenoxy) is 3. The summed E-state index contributed by atoms with van der Waals surface area (Å²) >= 11 is 0. The number of nitro groups is 1. The maximum atomic E-state index is 12.4. The van der Waals surface area contributed by atoms with Gasteiger partial charge in [0.15, 0.2) is 17.7 Å². The molecule has 0 bridgehead atoms. The quantitative estimate of drug-likeness (QED) is 0.0849. The minimum Gasteiger partial charge on any atom is -0.490 e. The number of amides is 2. The van der Waals surface area contributed by atoms with E-state index in [1.54, 1.807) is 38.1 Å². The van der Waals surface area contributed by atoms with Crippen LogP contribution in [-0.4, -0.2) is 67.9 Å². The number of aliphatic hydroxyl groups is 1. The number of methoxy groups -OCH3 is 1. The van der Waals surface area contributed by atoms with E-state index in [-0.39, 0.29) is 17.9 Å². The molecule has 1 heterocycles. The topological polar surface area (TPSA) is 177 Å². The van der Waals surface area contributed by atoms with E-state index in [1.165, 1.54) is 25.5 Å². The van der Waals surface area contributed by atoms with Gasteiger partial charge >= 0.3 is 12.0 Å².